The molecule has 6 heteroatoms. The summed E-state index contributed by atoms with van der Waals surface area (Å²) in [6.07, 6.45) is 3.92. The first-order valence-corrected chi connectivity index (χ1v) is 7.69. The number of pyridine rings is 1. The number of carbonyl (C=O) groups is 2. The predicted octanol–water partition coefficient (Wildman–Crippen LogP) is 2.91. The Kier molecular flexibility index (Phi) is 4.14. The lowest BCUT2D eigenvalue weighted by molar-refractivity contribution is 0.0684. The molecule has 0 aromatic carbocycles. The summed E-state index contributed by atoms with van der Waals surface area (Å²) in [5.41, 5.74) is 0.322. The number of rotatable bonds is 4. The molecule has 0 radical (unpaired) electrons. The fraction of sp³-hybridized carbons (Fsp3) is 0.353. The standard InChI is InChI=1S/C17H18N2O4/c1-2-12-6-8-15(23-12)14-4-3-9-19(14)16(20)11-5-7-13(17(21)22)18-10-11/h5-8,10,14H,2-4,9H2,1H3,(H,21,22)/t14-/m0/s1. The monoisotopic (exact) mass is 314 g/mol. The third-order valence-corrected chi connectivity index (χ3v) is 4.10. The van der Waals surface area contributed by atoms with Crippen molar-refractivity contribution in [2.24, 2.45) is 0 Å². The first-order valence-electron chi connectivity index (χ1n) is 7.69. The Hall–Kier alpha value is -2.63. The highest BCUT2D eigenvalue weighted by Gasteiger charge is 2.32. The van der Waals surface area contributed by atoms with E-state index in [1.807, 2.05) is 19.1 Å². The molecular formula is C17H18N2O4. The van der Waals surface area contributed by atoms with Gasteiger partial charge in [-0.3, -0.25) is 4.79 Å². The topological polar surface area (TPSA) is 83.6 Å². The van der Waals surface area contributed by atoms with Crippen LogP contribution < -0.4 is 0 Å². The second kappa shape index (κ2) is 6.24. The number of furan rings is 1. The van der Waals surface area contributed by atoms with E-state index in [9.17, 15) is 9.59 Å². The highest BCUT2D eigenvalue weighted by atomic mass is 16.4. The number of carbonyl (C=O) groups excluding carboxylic acids is 1. The molecule has 3 heterocycles. The zero-order valence-corrected chi connectivity index (χ0v) is 12.9. The van der Waals surface area contributed by atoms with Gasteiger partial charge in [-0.15, -0.1) is 0 Å². The van der Waals surface area contributed by atoms with Crippen molar-refractivity contribution in [3.63, 3.8) is 0 Å². The Bertz CT molecular complexity index is 720. The van der Waals surface area contributed by atoms with E-state index in [1.165, 1.54) is 18.3 Å². The van der Waals surface area contributed by atoms with Crippen LogP contribution in [-0.4, -0.2) is 33.4 Å². The van der Waals surface area contributed by atoms with E-state index in [0.717, 1.165) is 30.8 Å². The summed E-state index contributed by atoms with van der Waals surface area (Å²) in [6, 6.07) is 6.67. The van der Waals surface area contributed by atoms with E-state index in [-0.39, 0.29) is 17.6 Å². The quantitative estimate of drug-likeness (QED) is 0.938. The summed E-state index contributed by atoms with van der Waals surface area (Å²) < 4.78 is 5.80. The highest BCUT2D eigenvalue weighted by Crippen LogP contribution is 2.34. The Labute approximate surface area is 133 Å². The maximum absolute atomic E-state index is 12.7. The fourth-order valence-electron chi connectivity index (χ4n) is 2.88. The van der Waals surface area contributed by atoms with Gasteiger partial charge >= 0.3 is 5.97 Å². The van der Waals surface area contributed by atoms with Crippen LogP contribution in [0.1, 0.15) is 58.2 Å². The molecule has 0 unspecified atom stereocenters. The predicted molar refractivity (Wildman–Crippen MR) is 82.3 cm³/mol. The zero-order valence-electron chi connectivity index (χ0n) is 12.9. The van der Waals surface area contributed by atoms with Gasteiger partial charge < -0.3 is 14.4 Å². The molecule has 1 aliphatic heterocycles. The van der Waals surface area contributed by atoms with E-state index in [4.69, 9.17) is 9.52 Å². The summed E-state index contributed by atoms with van der Waals surface area (Å²) >= 11 is 0. The molecule has 0 saturated carbocycles. The van der Waals surface area contributed by atoms with E-state index in [1.54, 1.807) is 4.90 Å². The first kappa shape index (κ1) is 15.3. The van der Waals surface area contributed by atoms with Crippen LogP contribution in [0.4, 0.5) is 0 Å². The van der Waals surface area contributed by atoms with Crippen LogP contribution in [0.25, 0.3) is 0 Å². The number of amides is 1. The minimum absolute atomic E-state index is 0.0676. The largest absolute Gasteiger partial charge is 0.477 e. The van der Waals surface area contributed by atoms with Gasteiger partial charge in [-0.1, -0.05) is 6.92 Å². The number of aryl methyl sites for hydroxylation is 1. The van der Waals surface area contributed by atoms with Crippen molar-refractivity contribution in [1.29, 1.82) is 0 Å². The summed E-state index contributed by atoms with van der Waals surface area (Å²) in [6.45, 7) is 2.68. The van der Waals surface area contributed by atoms with Gasteiger partial charge in [0.2, 0.25) is 0 Å². The van der Waals surface area contributed by atoms with Crippen molar-refractivity contribution >= 4 is 11.9 Å². The van der Waals surface area contributed by atoms with Crippen molar-refractivity contribution in [1.82, 2.24) is 9.88 Å². The van der Waals surface area contributed by atoms with Crippen LogP contribution in [0.15, 0.2) is 34.9 Å². The molecule has 1 fully saturated rings. The molecule has 1 saturated heterocycles. The summed E-state index contributed by atoms with van der Waals surface area (Å²) in [4.78, 5) is 29.1. The van der Waals surface area contributed by atoms with Gasteiger partial charge in [0.25, 0.3) is 5.91 Å². The van der Waals surface area contributed by atoms with Gasteiger partial charge in [-0.05, 0) is 37.1 Å². The summed E-state index contributed by atoms with van der Waals surface area (Å²) in [7, 11) is 0. The van der Waals surface area contributed by atoms with Crippen LogP contribution in [0.3, 0.4) is 0 Å². The average molecular weight is 314 g/mol. The van der Waals surface area contributed by atoms with Crippen LogP contribution in [-0.2, 0) is 6.42 Å². The SMILES string of the molecule is CCc1ccc([C@@H]2CCCN2C(=O)c2ccc(C(=O)O)nc2)o1. The fourth-order valence-corrected chi connectivity index (χ4v) is 2.88. The number of likely N-dealkylation sites (tertiary alicyclic amines) is 1. The van der Waals surface area contributed by atoms with Crippen LogP contribution in [0.2, 0.25) is 0 Å². The number of aromatic nitrogens is 1. The van der Waals surface area contributed by atoms with Crippen molar-refractivity contribution in [3.05, 3.63) is 53.2 Å². The maximum atomic E-state index is 12.7. The molecule has 1 N–H and O–H groups in total. The Morgan fingerprint density at radius 2 is 2.17 bits per heavy atom. The molecule has 1 aliphatic rings. The van der Waals surface area contributed by atoms with E-state index in [2.05, 4.69) is 4.98 Å². The van der Waals surface area contributed by atoms with Gasteiger partial charge in [0.1, 0.15) is 17.2 Å². The number of carboxylic acid groups (broad SMARTS) is 1. The van der Waals surface area contributed by atoms with Crippen LogP contribution >= 0.6 is 0 Å². The lowest BCUT2D eigenvalue weighted by Crippen LogP contribution is -2.30. The first-order chi connectivity index (χ1) is 11.1. The van der Waals surface area contributed by atoms with Gasteiger partial charge in [0, 0.05) is 19.2 Å². The Morgan fingerprint density at radius 1 is 1.35 bits per heavy atom. The van der Waals surface area contributed by atoms with Crippen molar-refractivity contribution in [2.45, 2.75) is 32.2 Å². The number of aromatic carboxylic acids is 1. The van der Waals surface area contributed by atoms with E-state index in [0.29, 0.717) is 12.1 Å². The lowest BCUT2D eigenvalue weighted by atomic mass is 10.1. The number of hydrogen-bond acceptors (Lipinski definition) is 4. The molecule has 1 atom stereocenters. The smallest absolute Gasteiger partial charge is 0.354 e. The second-order valence-corrected chi connectivity index (χ2v) is 5.55. The molecule has 2 aromatic heterocycles. The van der Waals surface area contributed by atoms with Gasteiger partial charge in [-0.25, -0.2) is 9.78 Å². The molecular weight excluding hydrogens is 296 g/mol. The summed E-state index contributed by atoms with van der Waals surface area (Å²) in [5.74, 6) is 0.465. The normalized spacial score (nSPS) is 17.4. The van der Waals surface area contributed by atoms with E-state index >= 15 is 0 Å². The Morgan fingerprint density at radius 3 is 2.78 bits per heavy atom. The van der Waals surface area contributed by atoms with Crippen molar-refractivity contribution in [3.8, 4) is 0 Å². The molecule has 120 valence electrons. The van der Waals surface area contributed by atoms with Gasteiger partial charge in [0.15, 0.2) is 0 Å². The lowest BCUT2D eigenvalue weighted by Gasteiger charge is -2.23. The van der Waals surface area contributed by atoms with Crippen LogP contribution in [0, 0.1) is 0 Å². The van der Waals surface area contributed by atoms with Gasteiger partial charge in [0.05, 0.1) is 11.6 Å². The molecule has 6 nitrogen and oxygen atoms in total. The van der Waals surface area contributed by atoms with Crippen molar-refractivity contribution < 1.29 is 19.1 Å². The zero-order chi connectivity index (χ0) is 16.4. The molecule has 0 spiro atoms. The molecule has 23 heavy (non-hydrogen) atoms. The third-order valence-electron chi connectivity index (χ3n) is 4.10. The number of carboxylic acids is 1. The molecule has 0 bridgehead atoms. The molecule has 0 aliphatic carbocycles. The number of hydrogen-bond donors (Lipinski definition) is 1. The van der Waals surface area contributed by atoms with E-state index < -0.39 is 5.97 Å². The minimum Gasteiger partial charge on any atom is -0.477 e. The third kappa shape index (κ3) is 2.97. The average Bonchev–Trinajstić information content (AvgIpc) is 3.22. The highest BCUT2D eigenvalue weighted by molar-refractivity contribution is 5.95. The number of nitrogens with zero attached hydrogens (tertiary/aromatic N) is 2. The van der Waals surface area contributed by atoms with Crippen LogP contribution in [0.5, 0.6) is 0 Å². The Balaban J connectivity index is 1.81. The molecule has 2 aromatic rings. The van der Waals surface area contributed by atoms with Crippen molar-refractivity contribution in [2.75, 3.05) is 6.54 Å². The molecule has 3 rings (SSSR count). The maximum Gasteiger partial charge on any atom is 0.354 e. The minimum atomic E-state index is -1.11. The van der Waals surface area contributed by atoms with Gasteiger partial charge in [-0.2, -0.15) is 0 Å². The second-order valence-electron chi connectivity index (χ2n) is 5.55. The molecule has 1 amide bonds. The summed E-state index contributed by atoms with van der Waals surface area (Å²) in [5, 5.41) is 8.87.